The monoisotopic (exact) mass is 427 g/mol. The van der Waals surface area contributed by atoms with Crippen LogP contribution in [-0.4, -0.2) is 37.8 Å². The highest BCUT2D eigenvalue weighted by molar-refractivity contribution is 7.90. The molecule has 156 valence electrons. The standard InChI is InChI=1S/C21H21N3O5S/c1-14-10-15-6-9-29-20(15)19(11-14)30(26,27)23-21(25)16-4-5-17(18(12-16)28-2)13-24-8-3-7-22-24/h3-5,7-8,10-12H,6,9,13H2,1-2H3,(H,23,25). The molecule has 30 heavy (non-hydrogen) atoms. The Hall–Kier alpha value is -3.33. The first-order valence-electron chi connectivity index (χ1n) is 9.35. The molecule has 1 N–H and O–H groups in total. The molecule has 2 aromatic carbocycles. The minimum Gasteiger partial charge on any atom is -0.496 e. The van der Waals surface area contributed by atoms with Crippen LogP contribution in [0.4, 0.5) is 0 Å². The Morgan fingerprint density at radius 2 is 2.13 bits per heavy atom. The van der Waals surface area contributed by atoms with Crippen molar-refractivity contribution in [3.63, 3.8) is 0 Å². The number of nitrogens with zero attached hydrogens (tertiary/aromatic N) is 2. The number of carbonyl (C=O) groups is 1. The van der Waals surface area contributed by atoms with E-state index in [2.05, 4.69) is 9.82 Å². The largest absolute Gasteiger partial charge is 0.496 e. The van der Waals surface area contributed by atoms with Gasteiger partial charge in [0.05, 0.1) is 20.3 Å². The molecule has 1 aliphatic heterocycles. The second kappa shape index (κ2) is 7.83. The lowest BCUT2D eigenvalue weighted by Crippen LogP contribution is -2.31. The Morgan fingerprint density at radius 1 is 1.30 bits per heavy atom. The molecule has 0 spiro atoms. The van der Waals surface area contributed by atoms with Crippen LogP contribution >= 0.6 is 0 Å². The molecule has 1 amide bonds. The Balaban J connectivity index is 1.59. The lowest BCUT2D eigenvalue weighted by Gasteiger charge is -2.13. The van der Waals surface area contributed by atoms with Crippen LogP contribution < -0.4 is 14.2 Å². The van der Waals surface area contributed by atoms with Crippen LogP contribution in [-0.2, 0) is 23.0 Å². The van der Waals surface area contributed by atoms with Gasteiger partial charge < -0.3 is 9.47 Å². The molecule has 0 fully saturated rings. The molecular weight excluding hydrogens is 406 g/mol. The van der Waals surface area contributed by atoms with Gasteiger partial charge in [-0.1, -0.05) is 12.1 Å². The van der Waals surface area contributed by atoms with E-state index in [9.17, 15) is 13.2 Å². The number of ether oxygens (including phenoxy) is 2. The molecule has 0 radical (unpaired) electrons. The van der Waals surface area contributed by atoms with E-state index < -0.39 is 15.9 Å². The fourth-order valence-corrected chi connectivity index (χ4v) is 4.69. The topological polar surface area (TPSA) is 99.5 Å². The van der Waals surface area contributed by atoms with Gasteiger partial charge in [-0.05, 0) is 42.3 Å². The molecule has 3 aromatic rings. The van der Waals surface area contributed by atoms with Crippen molar-refractivity contribution in [3.05, 3.63) is 71.0 Å². The van der Waals surface area contributed by atoms with Gasteiger partial charge in [-0.25, -0.2) is 13.1 Å². The van der Waals surface area contributed by atoms with Gasteiger partial charge in [-0.3, -0.25) is 9.48 Å². The van der Waals surface area contributed by atoms with Gasteiger partial charge in [0.2, 0.25) is 0 Å². The van der Waals surface area contributed by atoms with Crippen molar-refractivity contribution < 1.29 is 22.7 Å². The molecule has 9 heteroatoms. The van der Waals surface area contributed by atoms with Gasteiger partial charge >= 0.3 is 0 Å². The second-order valence-corrected chi connectivity index (χ2v) is 8.67. The second-order valence-electron chi connectivity index (χ2n) is 7.01. The summed E-state index contributed by atoms with van der Waals surface area (Å²) in [4.78, 5) is 12.7. The van der Waals surface area contributed by atoms with Gasteiger partial charge in [-0.2, -0.15) is 5.10 Å². The highest BCUT2D eigenvalue weighted by Gasteiger charge is 2.28. The zero-order valence-corrected chi connectivity index (χ0v) is 17.4. The first-order chi connectivity index (χ1) is 14.4. The van der Waals surface area contributed by atoms with Crippen LogP contribution in [0.5, 0.6) is 11.5 Å². The summed E-state index contributed by atoms with van der Waals surface area (Å²) in [5.74, 6) is 0.0376. The number of fused-ring (bicyclic) bond motifs is 1. The van der Waals surface area contributed by atoms with Crippen molar-refractivity contribution in [2.24, 2.45) is 0 Å². The zero-order valence-electron chi connectivity index (χ0n) is 16.6. The fraction of sp³-hybridized carbons (Fsp3) is 0.238. The van der Waals surface area contributed by atoms with Crippen LogP contribution in [0, 0.1) is 6.92 Å². The maximum Gasteiger partial charge on any atom is 0.268 e. The smallest absolute Gasteiger partial charge is 0.268 e. The fourth-order valence-electron chi connectivity index (χ4n) is 3.45. The molecule has 0 atom stereocenters. The number of carbonyl (C=O) groups excluding carboxylic acids is 1. The van der Waals surface area contributed by atoms with Gasteiger partial charge in [0.15, 0.2) is 0 Å². The molecular formula is C21H21N3O5S. The lowest BCUT2D eigenvalue weighted by molar-refractivity contribution is 0.0981. The number of sulfonamides is 1. The minimum absolute atomic E-state index is 0.0226. The number of rotatable bonds is 6. The van der Waals surface area contributed by atoms with E-state index in [1.807, 2.05) is 25.3 Å². The molecule has 0 saturated carbocycles. The predicted octanol–water partition coefficient (Wildman–Crippen LogP) is 2.30. The first kappa shape index (κ1) is 20.0. The number of amides is 1. The molecule has 2 heterocycles. The van der Waals surface area contributed by atoms with Crippen molar-refractivity contribution in [2.75, 3.05) is 13.7 Å². The van der Waals surface area contributed by atoms with Crippen molar-refractivity contribution in [3.8, 4) is 11.5 Å². The highest BCUT2D eigenvalue weighted by Crippen LogP contribution is 2.34. The number of methoxy groups -OCH3 is 1. The third-order valence-corrected chi connectivity index (χ3v) is 6.19. The summed E-state index contributed by atoms with van der Waals surface area (Å²) in [5, 5.41) is 4.15. The van der Waals surface area contributed by atoms with Crippen LogP contribution in [0.3, 0.4) is 0 Å². The first-order valence-corrected chi connectivity index (χ1v) is 10.8. The molecule has 0 unspecified atom stereocenters. The SMILES string of the molecule is COc1cc(C(=O)NS(=O)(=O)c2cc(C)cc3c2OCC3)ccc1Cn1cccn1. The van der Waals surface area contributed by atoms with E-state index in [0.29, 0.717) is 31.1 Å². The predicted molar refractivity (Wildman–Crippen MR) is 109 cm³/mol. The summed E-state index contributed by atoms with van der Waals surface area (Å²) in [6.45, 7) is 2.69. The quantitative estimate of drug-likeness (QED) is 0.648. The van der Waals surface area contributed by atoms with E-state index in [4.69, 9.17) is 9.47 Å². The number of aromatic nitrogens is 2. The lowest BCUT2D eigenvalue weighted by atomic mass is 10.1. The molecule has 1 aliphatic rings. The summed E-state index contributed by atoms with van der Waals surface area (Å²) in [7, 11) is -2.61. The van der Waals surface area contributed by atoms with Crippen LogP contribution in [0.1, 0.15) is 27.0 Å². The average Bonchev–Trinajstić information content (AvgIpc) is 3.38. The van der Waals surface area contributed by atoms with Crippen LogP contribution in [0.2, 0.25) is 0 Å². The van der Waals surface area contributed by atoms with E-state index in [1.165, 1.54) is 19.2 Å². The van der Waals surface area contributed by atoms with Crippen molar-refractivity contribution in [1.29, 1.82) is 0 Å². The van der Waals surface area contributed by atoms with Crippen LogP contribution in [0.15, 0.2) is 53.7 Å². The zero-order chi connectivity index (χ0) is 21.3. The number of benzene rings is 2. The highest BCUT2D eigenvalue weighted by atomic mass is 32.2. The summed E-state index contributed by atoms with van der Waals surface area (Å²) < 4.78 is 40.6. The number of hydrogen-bond donors (Lipinski definition) is 1. The minimum atomic E-state index is -4.11. The van der Waals surface area contributed by atoms with Crippen molar-refractivity contribution >= 4 is 15.9 Å². The van der Waals surface area contributed by atoms with Gasteiger partial charge in [0.25, 0.3) is 15.9 Å². The molecule has 4 rings (SSSR count). The molecule has 8 nitrogen and oxygen atoms in total. The normalized spacial score (nSPS) is 12.9. The van der Waals surface area contributed by atoms with Crippen molar-refractivity contribution in [2.45, 2.75) is 24.8 Å². The van der Waals surface area contributed by atoms with Crippen molar-refractivity contribution in [1.82, 2.24) is 14.5 Å². The molecule has 0 bridgehead atoms. The Morgan fingerprint density at radius 3 is 2.87 bits per heavy atom. The van der Waals surface area contributed by atoms with Gasteiger partial charge in [-0.15, -0.1) is 0 Å². The summed E-state index contributed by atoms with van der Waals surface area (Å²) >= 11 is 0. The molecule has 1 aromatic heterocycles. The third kappa shape index (κ3) is 3.88. The van der Waals surface area contributed by atoms with Gasteiger partial charge in [0, 0.05) is 29.9 Å². The van der Waals surface area contributed by atoms with Crippen LogP contribution in [0.25, 0.3) is 0 Å². The van der Waals surface area contributed by atoms with Gasteiger partial charge in [0.1, 0.15) is 16.4 Å². The maximum atomic E-state index is 12.9. The third-order valence-electron chi connectivity index (χ3n) is 4.85. The summed E-state index contributed by atoms with van der Waals surface area (Å²) in [6.07, 6.45) is 4.13. The maximum absolute atomic E-state index is 12.9. The molecule has 0 saturated heterocycles. The Kier molecular flexibility index (Phi) is 5.21. The van der Waals surface area contributed by atoms with E-state index in [1.54, 1.807) is 23.0 Å². The molecule has 0 aliphatic carbocycles. The van der Waals surface area contributed by atoms with E-state index >= 15 is 0 Å². The average molecular weight is 427 g/mol. The van der Waals surface area contributed by atoms with E-state index in [-0.39, 0.29) is 10.5 Å². The number of hydrogen-bond acceptors (Lipinski definition) is 6. The Bertz CT molecular complexity index is 1200. The summed E-state index contributed by atoms with van der Waals surface area (Å²) in [5.41, 5.74) is 2.60. The summed E-state index contributed by atoms with van der Waals surface area (Å²) in [6, 6.07) is 10.0. The Labute approximate surface area is 174 Å². The van der Waals surface area contributed by atoms with E-state index in [0.717, 1.165) is 16.7 Å². The number of nitrogens with one attached hydrogen (secondary N) is 1. The number of aryl methyl sites for hydroxylation is 1.